The van der Waals surface area contributed by atoms with Gasteiger partial charge in [-0.15, -0.1) is 0 Å². The van der Waals surface area contributed by atoms with Gasteiger partial charge in [-0.3, -0.25) is 0 Å². The smallest absolute Gasteiger partial charge is 0.331 e. The highest BCUT2D eigenvalue weighted by atomic mass is 16.5. The number of hydrogen-bond donors (Lipinski definition) is 0. The first-order valence-electron chi connectivity index (χ1n) is 8.36. The van der Waals surface area contributed by atoms with E-state index in [0.29, 0.717) is 12.4 Å². The van der Waals surface area contributed by atoms with E-state index in [1.165, 1.54) is 0 Å². The molecule has 0 atom stereocenters. The van der Waals surface area contributed by atoms with E-state index in [2.05, 4.69) is 0 Å². The number of hydrogen-bond acceptors (Lipinski definition) is 5. The molecule has 0 fully saturated rings. The van der Waals surface area contributed by atoms with Crippen LogP contribution in [-0.2, 0) is 25.7 Å². The van der Waals surface area contributed by atoms with Crippen LogP contribution in [0.2, 0.25) is 0 Å². The molecule has 0 aliphatic carbocycles. The van der Waals surface area contributed by atoms with Crippen molar-refractivity contribution < 1.29 is 23.8 Å². The van der Waals surface area contributed by atoms with Crippen LogP contribution >= 0.6 is 0 Å². The Kier molecular flexibility index (Phi) is 7.43. The van der Waals surface area contributed by atoms with Gasteiger partial charge < -0.3 is 14.2 Å². The topological polar surface area (TPSA) is 61.8 Å². The average molecular weight is 354 g/mol. The zero-order valence-electron chi connectivity index (χ0n) is 14.9. The Balaban J connectivity index is 1.76. The van der Waals surface area contributed by atoms with Gasteiger partial charge in [0, 0.05) is 12.2 Å². The highest BCUT2D eigenvalue weighted by Crippen LogP contribution is 2.21. The normalized spacial score (nSPS) is 10.7. The molecule has 26 heavy (non-hydrogen) atoms. The molecule has 0 amide bonds. The fourth-order valence-electron chi connectivity index (χ4n) is 1.91. The summed E-state index contributed by atoms with van der Waals surface area (Å²) in [5.41, 5.74) is 0.814. The number of carbonyl (C=O) groups excluding carboxylic acids is 2. The Morgan fingerprint density at radius 2 is 1.42 bits per heavy atom. The van der Waals surface area contributed by atoms with Crippen molar-refractivity contribution >= 4 is 11.9 Å². The molecule has 0 spiro atoms. The molecule has 2 aromatic rings. The van der Waals surface area contributed by atoms with E-state index >= 15 is 0 Å². The summed E-state index contributed by atoms with van der Waals surface area (Å²) in [5.74, 6) is 0.530. The lowest BCUT2D eigenvalue weighted by atomic mass is 10.2. The Labute approximate surface area is 153 Å². The van der Waals surface area contributed by atoms with Crippen molar-refractivity contribution in [3.63, 3.8) is 0 Å². The fraction of sp³-hybridized carbons (Fsp3) is 0.238. The van der Waals surface area contributed by atoms with Gasteiger partial charge in [-0.1, -0.05) is 44.2 Å². The maximum atomic E-state index is 11.6. The number of esters is 2. The summed E-state index contributed by atoms with van der Waals surface area (Å²) in [6, 6.07) is 16.7. The zero-order valence-corrected chi connectivity index (χ0v) is 14.9. The number of carbonyl (C=O) groups is 2. The monoisotopic (exact) mass is 354 g/mol. The van der Waals surface area contributed by atoms with Crippen LogP contribution in [0.5, 0.6) is 11.5 Å². The Morgan fingerprint density at radius 1 is 0.846 bits per heavy atom. The predicted molar refractivity (Wildman–Crippen MR) is 97.7 cm³/mol. The van der Waals surface area contributed by atoms with Gasteiger partial charge in [0.1, 0.15) is 18.1 Å². The van der Waals surface area contributed by atoms with E-state index in [0.717, 1.165) is 23.5 Å². The fourth-order valence-corrected chi connectivity index (χ4v) is 1.91. The molecule has 0 unspecified atom stereocenters. The first-order valence-corrected chi connectivity index (χ1v) is 8.36. The minimum absolute atomic E-state index is 0.107. The van der Waals surface area contributed by atoms with Gasteiger partial charge >= 0.3 is 11.9 Å². The minimum atomic E-state index is -0.601. The molecule has 136 valence electrons. The molecule has 0 saturated heterocycles. The summed E-state index contributed by atoms with van der Waals surface area (Å²) in [6.07, 6.45) is 2.14. The summed E-state index contributed by atoms with van der Waals surface area (Å²) in [7, 11) is 0. The molecule has 0 aliphatic rings. The quantitative estimate of drug-likeness (QED) is 0.523. The molecule has 0 radical (unpaired) electrons. The lowest BCUT2D eigenvalue weighted by Gasteiger charge is -2.07. The van der Waals surface area contributed by atoms with Crippen LogP contribution in [-0.4, -0.2) is 18.5 Å². The molecule has 2 aromatic carbocycles. The van der Waals surface area contributed by atoms with Gasteiger partial charge in [0.25, 0.3) is 0 Å². The third kappa shape index (κ3) is 7.21. The predicted octanol–water partition coefficient (Wildman–Crippen LogP) is 4.28. The van der Waals surface area contributed by atoms with Crippen molar-refractivity contribution in [1.29, 1.82) is 0 Å². The highest BCUT2D eigenvalue weighted by molar-refractivity contribution is 5.91. The Hall–Kier alpha value is -3.08. The van der Waals surface area contributed by atoms with Crippen LogP contribution in [0.15, 0.2) is 66.7 Å². The number of para-hydroxylation sites is 1. The van der Waals surface area contributed by atoms with E-state index in [9.17, 15) is 9.59 Å². The lowest BCUT2D eigenvalue weighted by Crippen LogP contribution is -2.08. The van der Waals surface area contributed by atoms with E-state index in [-0.39, 0.29) is 12.5 Å². The van der Waals surface area contributed by atoms with Crippen molar-refractivity contribution in [2.24, 2.45) is 5.92 Å². The molecule has 0 aliphatic heterocycles. The Bertz CT molecular complexity index is 733. The zero-order chi connectivity index (χ0) is 18.8. The highest BCUT2D eigenvalue weighted by Gasteiger charge is 2.04. The maximum Gasteiger partial charge on any atom is 0.331 e. The molecule has 0 bridgehead atoms. The average Bonchev–Trinajstić information content (AvgIpc) is 2.65. The molecule has 5 heteroatoms. The van der Waals surface area contributed by atoms with Crippen molar-refractivity contribution in [2.45, 2.75) is 20.5 Å². The summed E-state index contributed by atoms with van der Waals surface area (Å²) in [5, 5.41) is 0. The Morgan fingerprint density at radius 3 is 2.04 bits per heavy atom. The second-order valence-electron chi connectivity index (χ2n) is 6.02. The van der Waals surface area contributed by atoms with Crippen LogP contribution in [0, 0.1) is 5.92 Å². The second kappa shape index (κ2) is 10.0. The lowest BCUT2D eigenvalue weighted by molar-refractivity contribution is -0.141. The third-order valence-corrected chi connectivity index (χ3v) is 3.20. The molecule has 0 saturated carbocycles. The van der Waals surface area contributed by atoms with Crippen LogP contribution in [0.3, 0.4) is 0 Å². The SMILES string of the molecule is CC(C)COC(=O)/C=C/C(=O)OCc1ccc(Oc2ccccc2)cc1. The third-order valence-electron chi connectivity index (χ3n) is 3.20. The summed E-state index contributed by atoms with van der Waals surface area (Å²) in [6.45, 7) is 4.29. The number of rotatable bonds is 8. The molecule has 5 nitrogen and oxygen atoms in total. The van der Waals surface area contributed by atoms with E-state index < -0.39 is 11.9 Å². The molecular weight excluding hydrogens is 332 g/mol. The summed E-state index contributed by atoms with van der Waals surface area (Å²) in [4.78, 5) is 23.0. The summed E-state index contributed by atoms with van der Waals surface area (Å²) < 4.78 is 15.7. The van der Waals surface area contributed by atoms with Gasteiger partial charge in [0.05, 0.1) is 6.61 Å². The van der Waals surface area contributed by atoms with Crippen molar-refractivity contribution in [3.8, 4) is 11.5 Å². The van der Waals surface area contributed by atoms with Gasteiger partial charge in [-0.05, 0) is 35.7 Å². The van der Waals surface area contributed by atoms with Crippen molar-refractivity contribution in [1.82, 2.24) is 0 Å². The van der Waals surface area contributed by atoms with Crippen LogP contribution in [0.1, 0.15) is 19.4 Å². The van der Waals surface area contributed by atoms with Crippen LogP contribution in [0.4, 0.5) is 0 Å². The first-order chi connectivity index (χ1) is 12.5. The van der Waals surface area contributed by atoms with Crippen molar-refractivity contribution in [3.05, 3.63) is 72.3 Å². The van der Waals surface area contributed by atoms with Gasteiger partial charge in [-0.2, -0.15) is 0 Å². The maximum absolute atomic E-state index is 11.6. The first kappa shape index (κ1) is 19.2. The van der Waals surface area contributed by atoms with Gasteiger partial charge in [0.2, 0.25) is 0 Å². The van der Waals surface area contributed by atoms with Crippen LogP contribution < -0.4 is 4.74 Å². The second-order valence-corrected chi connectivity index (χ2v) is 6.02. The summed E-state index contributed by atoms with van der Waals surface area (Å²) >= 11 is 0. The molecule has 0 heterocycles. The van der Waals surface area contributed by atoms with E-state index in [1.54, 1.807) is 12.1 Å². The van der Waals surface area contributed by atoms with Crippen molar-refractivity contribution in [2.75, 3.05) is 6.61 Å². The van der Waals surface area contributed by atoms with E-state index in [1.807, 2.05) is 56.3 Å². The van der Waals surface area contributed by atoms with Crippen LogP contribution in [0.25, 0.3) is 0 Å². The van der Waals surface area contributed by atoms with Gasteiger partial charge in [0.15, 0.2) is 0 Å². The van der Waals surface area contributed by atoms with E-state index in [4.69, 9.17) is 14.2 Å². The molecular formula is C21H22O5. The molecule has 0 aromatic heterocycles. The molecule has 2 rings (SSSR count). The van der Waals surface area contributed by atoms with Gasteiger partial charge in [-0.25, -0.2) is 9.59 Å². The largest absolute Gasteiger partial charge is 0.462 e. The number of benzene rings is 2. The molecule has 0 N–H and O–H groups in total. The standard InChI is InChI=1S/C21H22O5/c1-16(2)14-24-20(22)12-13-21(23)25-15-17-8-10-19(11-9-17)26-18-6-4-3-5-7-18/h3-13,16H,14-15H2,1-2H3/b13-12+. The number of ether oxygens (including phenoxy) is 3. The minimum Gasteiger partial charge on any atom is -0.462 e.